The molecule has 25 heavy (non-hydrogen) atoms. The molecule has 128 valence electrons. The second kappa shape index (κ2) is 6.21. The minimum Gasteiger partial charge on any atom is -0.241 e. The van der Waals surface area contributed by atoms with Crippen LogP contribution in [-0.4, -0.2) is 20.5 Å². The maximum Gasteiger partial charge on any atom is 0.268 e. The summed E-state index contributed by atoms with van der Waals surface area (Å²) in [6.45, 7) is 8.49. The van der Waals surface area contributed by atoms with E-state index in [0.717, 1.165) is 16.5 Å². The van der Waals surface area contributed by atoms with Crippen molar-refractivity contribution in [1.82, 2.24) is 3.97 Å². The van der Waals surface area contributed by atoms with Crippen LogP contribution >= 0.6 is 0 Å². The molecule has 0 unspecified atom stereocenters. The molecule has 0 N–H and O–H groups in total. The Bertz CT molecular complexity index is 1090. The molecular weight excluding hydrogens is 346 g/mol. The quantitative estimate of drug-likeness (QED) is 0.497. The van der Waals surface area contributed by atoms with Gasteiger partial charge in [0.2, 0.25) is 0 Å². The van der Waals surface area contributed by atoms with Crippen molar-refractivity contribution in [2.45, 2.75) is 31.5 Å². The lowest BCUT2D eigenvalue weighted by Crippen LogP contribution is -2.16. The minimum atomic E-state index is -3.62. The zero-order chi connectivity index (χ0) is 18.2. The maximum absolute atomic E-state index is 13.0. The third-order valence-electron chi connectivity index (χ3n) is 3.82. The van der Waals surface area contributed by atoms with Crippen LogP contribution in [-0.2, 0) is 10.0 Å². The predicted molar refractivity (Wildman–Crippen MR) is 106 cm³/mol. The van der Waals surface area contributed by atoms with Gasteiger partial charge in [0.1, 0.15) is 8.07 Å². The van der Waals surface area contributed by atoms with Crippen molar-refractivity contribution < 1.29 is 8.42 Å². The molecule has 0 spiro atoms. The van der Waals surface area contributed by atoms with Crippen molar-refractivity contribution in [3.8, 4) is 11.5 Å². The van der Waals surface area contributed by atoms with E-state index in [1.807, 2.05) is 43.3 Å². The van der Waals surface area contributed by atoms with E-state index in [1.165, 1.54) is 3.97 Å². The van der Waals surface area contributed by atoms with Crippen LogP contribution in [0.5, 0.6) is 0 Å². The average Bonchev–Trinajstić information content (AvgIpc) is 2.96. The van der Waals surface area contributed by atoms with Crippen molar-refractivity contribution in [1.29, 1.82) is 0 Å². The fourth-order valence-electron chi connectivity index (χ4n) is 2.47. The topological polar surface area (TPSA) is 39.1 Å². The first-order valence-corrected chi connectivity index (χ1v) is 13.1. The Hall–Kier alpha value is -2.29. The van der Waals surface area contributed by atoms with Gasteiger partial charge in [-0.25, -0.2) is 12.4 Å². The van der Waals surface area contributed by atoms with Gasteiger partial charge >= 0.3 is 0 Å². The molecule has 0 saturated heterocycles. The Morgan fingerprint density at radius 1 is 0.960 bits per heavy atom. The predicted octanol–water partition coefficient (Wildman–Crippen LogP) is 4.42. The smallest absolute Gasteiger partial charge is 0.241 e. The fourth-order valence-corrected chi connectivity index (χ4v) is 4.34. The summed E-state index contributed by atoms with van der Waals surface area (Å²) in [7, 11) is -5.11. The van der Waals surface area contributed by atoms with Gasteiger partial charge in [0, 0.05) is 17.1 Å². The second-order valence-corrected chi connectivity index (χ2v) is 13.8. The number of rotatable bonds is 2. The molecule has 0 bridgehead atoms. The number of aryl methyl sites for hydroxylation is 1. The average molecular weight is 368 g/mol. The number of hydrogen-bond donors (Lipinski definition) is 0. The van der Waals surface area contributed by atoms with Gasteiger partial charge in [-0.2, -0.15) is 0 Å². The Morgan fingerprint density at radius 2 is 1.64 bits per heavy atom. The number of aromatic nitrogens is 1. The van der Waals surface area contributed by atoms with E-state index in [1.54, 1.807) is 18.3 Å². The summed E-state index contributed by atoms with van der Waals surface area (Å²) in [4.78, 5) is 0.286. The van der Waals surface area contributed by atoms with Crippen molar-refractivity contribution in [3.05, 3.63) is 65.9 Å². The number of hydrogen-bond acceptors (Lipinski definition) is 2. The standard InChI is InChI=1S/C20H21NO2SSi/c1-16-5-9-19(10-6-16)24(22,23)21-13-11-18-8-7-17(15-20(18)21)12-14-25(2,3)4/h5-11,13,15H,1-4H3. The normalized spacial score (nSPS) is 12.0. The van der Waals surface area contributed by atoms with E-state index in [0.29, 0.717) is 5.52 Å². The Morgan fingerprint density at radius 3 is 2.28 bits per heavy atom. The van der Waals surface area contributed by atoms with Crippen LogP contribution in [0, 0.1) is 18.4 Å². The Kier molecular flexibility index (Phi) is 4.36. The molecule has 0 aliphatic carbocycles. The zero-order valence-electron chi connectivity index (χ0n) is 14.9. The molecule has 0 saturated carbocycles. The SMILES string of the molecule is Cc1ccc(S(=O)(=O)n2ccc3ccc(C#C[Si](C)(C)C)cc32)cc1. The monoisotopic (exact) mass is 367 g/mol. The van der Waals surface area contributed by atoms with E-state index >= 15 is 0 Å². The maximum atomic E-state index is 13.0. The molecule has 0 fully saturated rings. The first-order chi connectivity index (χ1) is 11.7. The van der Waals surface area contributed by atoms with E-state index in [4.69, 9.17) is 0 Å². The van der Waals surface area contributed by atoms with Crippen LogP contribution < -0.4 is 0 Å². The Labute approximate surface area is 150 Å². The number of benzene rings is 2. The molecule has 0 amide bonds. The molecule has 0 atom stereocenters. The summed E-state index contributed by atoms with van der Waals surface area (Å²) in [6, 6.07) is 14.4. The molecular formula is C20H21NO2SSi. The van der Waals surface area contributed by atoms with E-state index in [-0.39, 0.29) is 4.90 Å². The highest BCUT2D eigenvalue weighted by molar-refractivity contribution is 7.90. The first-order valence-electron chi connectivity index (χ1n) is 8.13. The third kappa shape index (κ3) is 3.70. The molecule has 3 rings (SSSR count). The van der Waals surface area contributed by atoms with Crippen LogP contribution in [0.3, 0.4) is 0 Å². The number of fused-ring (bicyclic) bond motifs is 1. The fraction of sp³-hybridized carbons (Fsp3) is 0.200. The van der Waals surface area contributed by atoms with Crippen molar-refractivity contribution in [2.75, 3.05) is 0 Å². The molecule has 0 aliphatic rings. The zero-order valence-corrected chi connectivity index (χ0v) is 16.7. The number of nitrogens with zero attached hydrogens (tertiary/aromatic N) is 1. The molecule has 1 aromatic heterocycles. The van der Waals surface area contributed by atoms with Gasteiger partial charge in [-0.3, -0.25) is 0 Å². The van der Waals surface area contributed by atoms with E-state index < -0.39 is 18.1 Å². The molecule has 0 radical (unpaired) electrons. The summed E-state index contributed by atoms with van der Waals surface area (Å²) in [5.74, 6) is 3.20. The first kappa shape index (κ1) is 17.5. The summed E-state index contributed by atoms with van der Waals surface area (Å²) >= 11 is 0. The summed E-state index contributed by atoms with van der Waals surface area (Å²) in [6.07, 6.45) is 1.61. The van der Waals surface area contributed by atoms with Crippen LogP contribution in [0.2, 0.25) is 19.6 Å². The molecule has 3 nitrogen and oxygen atoms in total. The molecule has 2 aromatic carbocycles. The highest BCUT2D eigenvalue weighted by Gasteiger charge is 2.18. The van der Waals surface area contributed by atoms with E-state index in [9.17, 15) is 8.42 Å². The van der Waals surface area contributed by atoms with Crippen LogP contribution in [0.15, 0.2) is 59.6 Å². The highest BCUT2D eigenvalue weighted by atomic mass is 32.2. The third-order valence-corrected chi connectivity index (χ3v) is 6.40. The van der Waals surface area contributed by atoms with Crippen LogP contribution in [0.4, 0.5) is 0 Å². The van der Waals surface area contributed by atoms with Crippen molar-refractivity contribution in [2.24, 2.45) is 0 Å². The van der Waals surface area contributed by atoms with Gasteiger partial charge in [0.05, 0.1) is 10.4 Å². The van der Waals surface area contributed by atoms with Gasteiger partial charge < -0.3 is 0 Å². The van der Waals surface area contributed by atoms with Crippen molar-refractivity contribution in [3.63, 3.8) is 0 Å². The van der Waals surface area contributed by atoms with Gasteiger partial charge in [-0.1, -0.05) is 49.3 Å². The lowest BCUT2D eigenvalue weighted by atomic mass is 10.2. The Balaban J connectivity index is 2.13. The molecule has 5 heteroatoms. The van der Waals surface area contributed by atoms with E-state index in [2.05, 4.69) is 31.1 Å². The van der Waals surface area contributed by atoms with Gasteiger partial charge in [0.15, 0.2) is 0 Å². The largest absolute Gasteiger partial charge is 0.268 e. The summed E-state index contributed by atoms with van der Waals surface area (Å²) in [5, 5.41) is 0.884. The second-order valence-electron chi connectivity index (χ2n) is 7.20. The van der Waals surface area contributed by atoms with Gasteiger partial charge in [0.25, 0.3) is 10.0 Å². The highest BCUT2D eigenvalue weighted by Crippen LogP contribution is 2.23. The van der Waals surface area contributed by atoms with Gasteiger partial charge in [-0.15, -0.1) is 5.54 Å². The van der Waals surface area contributed by atoms with Crippen LogP contribution in [0.1, 0.15) is 11.1 Å². The summed E-state index contributed by atoms with van der Waals surface area (Å²) < 4.78 is 27.3. The minimum absolute atomic E-state index is 0.286. The molecule has 0 aliphatic heterocycles. The van der Waals surface area contributed by atoms with Gasteiger partial charge in [-0.05, 0) is 37.3 Å². The lowest BCUT2D eigenvalue weighted by molar-refractivity contribution is 0.589. The molecule has 1 heterocycles. The lowest BCUT2D eigenvalue weighted by Gasteiger charge is -2.08. The van der Waals surface area contributed by atoms with Crippen LogP contribution in [0.25, 0.3) is 10.9 Å². The summed E-state index contributed by atoms with van der Waals surface area (Å²) in [5.41, 5.74) is 5.85. The molecule has 3 aromatic rings. The van der Waals surface area contributed by atoms with Crippen molar-refractivity contribution >= 4 is 29.0 Å².